The molecule has 3 rings (SSSR count). The molecule has 0 amide bonds. The fourth-order valence-electron chi connectivity index (χ4n) is 3.24. The van der Waals surface area contributed by atoms with Crippen LogP contribution >= 0.6 is 15.9 Å². The van der Waals surface area contributed by atoms with Crippen LogP contribution in [0.4, 0.5) is 13.2 Å². The smallest absolute Gasteiger partial charge is 0.375 e. The maximum Gasteiger partial charge on any atom is 0.417 e. The average molecular weight is 427 g/mol. The molecule has 24 heavy (non-hydrogen) atoms. The average Bonchev–Trinajstić information content (AvgIpc) is 2.91. The van der Waals surface area contributed by atoms with Gasteiger partial charge in [-0.3, -0.25) is 0 Å². The highest BCUT2D eigenvalue weighted by Gasteiger charge is 2.42. The minimum atomic E-state index is -4.72. The first-order valence-corrected chi connectivity index (χ1v) is 10.3. The SMILES string of the molecule is O=S(=O)(c1ccc(Br)cc1C(F)(F)F)[C@H]1CC[C@H](OC2CCC2)C1. The largest absolute Gasteiger partial charge is 0.417 e. The number of rotatable bonds is 4. The van der Waals surface area contributed by atoms with Crippen molar-refractivity contribution in [3.63, 3.8) is 0 Å². The second-order valence-corrected chi connectivity index (χ2v) is 9.54. The van der Waals surface area contributed by atoms with Gasteiger partial charge in [0.25, 0.3) is 0 Å². The summed E-state index contributed by atoms with van der Waals surface area (Å²) in [7, 11) is -4.05. The van der Waals surface area contributed by atoms with Crippen LogP contribution in [0, 0.1) is 0 Å². The van der Waals surface area contributed by atoms with Gasteiger partial charge in [-0.1, -0.05) is 15.9 Å². The van der Waals surface area contributed by atoms with Gasteiger partial charge < -0.3 is 4.74 Å². The van der Waals surface area contributed by atoms with Crippen molar-refractivity contribution in [1.29, 1.82) is 0 Å². The zero-order valence-corrected chi connectivity index (χ0v) is 15.3. The van der Waals surface area contributed by atoms with Crippen molar-refractivity contribution in [3.8, 4) is 0 Å². The number of hydrogen-bond donors (Lipinski definition) is 0. The second kappa shape index (κ2) is 6.61. The van der Waals surface area contributed by atoms with E-state index in [9.17, 15) is 21.6 Å². The number of hydrogen-bond acceptors (Lipinski definition) is 3. The monoisotopic (exact) mass is 426 g/mol. The normalized spacial score (nSPS) is 25.7. The maximum atomic E-state index is 13.2. The van der Waals surface area contributed by atoms with Gasteiger partial charge in [-0.05, 0) is 56.7 Å². The minimum Gasteiger partial charge on any atom is -0.375 e. The summed E-state index contributed by atoms with van der Waals surface area (Å²) >= 11 is 2.98. The summed E-state index contributed by atoms with van der Waals surface area (Å²) in [5.41, 5.74) is -1.11. The Morgan fingerprint density at radius 2 is 1.79 bits per heavy atom. The van der Waals surface area contributed by atoms with Gasteiger partial charge in [0.1, 0.15) is 0 Å². The fourth-order valence-corrected chi connectivity index (χ4v) is 5.61. The van der Waals surface area contributed by atoms with E-state index in [2.05, 4.69) is 15.9 Å². The molecule has 3 nitrogen and oxygen atoms in total. The lowest BCUT2D eigenvalue weighted by atomic mass is 9.96. The summed E-state index contributed by atoms with van der Waals surface area (Å²) < 4.78 is 71.3. The molecule has 1 aromatic rings. The first kappa shape index (κ1) is 18.2. The van der Waals surface area contributed by atoms with E-state index < -0.39 is 31.7 Å². The van der Waals surface area contributed by atoms with Crippen LogP contribution in [0.1, 0.15) is 44.1 Å². The lowest BCUT2D eigenvalue weighted by molar-refractivity contribution is -0.139. The van der Waals surface area contributed by atoms with E-state index in [4.69, 9.17) is 4.74 Å². The molecule has 0 bridgehead atoms. The van der Waals surface area contributed by atoms with Gasteiger partial charge >= 0.3 is 6.18 Å². The summed E-state index contributed by atoms with van der Waals surface area (Å²) in [6.07, 6.45) is -0.413. The van der Waals surface area contributed by atoms with E-state index in [1.807, 2.05) is 0 Å². The highest BCUT2D eigenvalue weighted by Crippen LogP contribution is 2.40. The van der Waals surface area contributed by atoms with E-state index in [1.54, 1.807) is 0 Å². The highest BCUT2D eigenvalue weighted by molar-refractivity contribution is 9.10. The third kappa shape index (κ3) is 3.65. The molecule has 2 saturated carbocycles. The van der Waals surface area contributed by atoms with Gasteiger partial charge in [-0.2, -0.15) is 13.2 Å². The van der Waals surface area contributed by atoms with Gasteiger partial charge in [0.15, 0.2) is 9.84 Å². The first-order valence-electron chi connectivity index (χ1n) is 7.94. The number of alkyl halides is 3. The van der Waals surface area contributed by atoms with Crippen molar-refractivity contribution in [1.82, 2.24) is 0 Å². The molecule has 0 heterocycles. The molecule has 2 aliphatic carbocycles. The molecular formula is C16H18BrF3O3S. The van der Waals surface area contributed by atoms with Crippen LogP contribution in [0.5, 0.6) is 0 Å². The lowest BCUT2D eigenvalue weighted by Gasteiger charge is -2.28. The Morgan fingerprint density at radius 1 is 1.08 bits per heavy atom. The van der Waals surface area contributed by atoms with Gasteiger partial charge in [0.05, 0.1) is 27.9 Å². The lowest BCUT2D eigenvalue weighted by Crippen LogP contribution is -2.28. The van der Waals surface area contributed by atoms with Crippen LogP contribution in [0.15, 0.2) is 27.6 Å². The Kier molecular flexibility index (Phi) is 5.01. The standard InChI is InChI=1S/C16H18BrF3O3S/c17-10-4-7-15(14(8-10)16(18,19)20)24(21,22)13-6-5-12(9-13)23-11-2-1-3-11/h4,7-8,11-13H,1-3,5-6,9H2/t12-,13-/m0/s1. The van der Waals surface area contributed by atoms with Gasteiger partial charge in [-0.25, -0.2) is 8.42 Å². The van der Waals surface area contributed by atoms with Crippen LogP contribution in [0.25, 0.3) is 0 Å². The highest BCUT2D eigenvalue weighted by atomic mass is 79.9. The summed E-state index contributed by atoms with van der Waals surface area (Å²) in [4.78, 5) is -0.632. The summed E-state index contributed by atoms with van der Waals surface area (Å²) in [5, 5.41) is -0.815. The summed E-state index contributed by atoms with van der Waals surface area (Å²) in [6.45, 7) is 0. The molecule has 0 N–H and O–H groups in total. The molecule has 0 spiro atoms. The Labute approximate surface area is 147 Å². The van der Waals surface area contributed by atoms with E-state index in [1.165, 1.54) is 6.07 Å². The molecule has 0 radical (unpaired) electrons. The zero-order valence-electron chi connectivity index (χ0n) is 12.9. The van der Waals surface area contributed by atoms with Gasteiger partial charge in [-0.15, -0.1) is 0 Å². The Hall–Kier alpha value is -0.600. The van der Waals surface area contributed by atoms with E-state index in [-0.39, 0.29) is 23.1 Å². The predicted molar refractivity (Wildman–Crippen MR) is 86.5 cm³/mol. The number of ether oxygens (including phenoxy) is 1. The van der Waals surface area contributed by atoms with Crippen LogP contribution in [0.2, 0.25) is 0 Å². The van der Waals surface area contributed by atoms with E-state index in [0.717, 1.165) is 31.4 Å². The zero-order chi connectivity index (χ0) is 17.5. The van der Waals surface area contributed by atoms with Gasteiger partial charge in [0.2, 0.25) is 0 Å². The Balaban J connectivity index is 1.83. The Morgan fingerprint density at radius 3 is 2.38 bits per heavy atom. The number of halogens is 4. The van der Waals surface area contributed by atoms with E-state index >= 15 is 0 Å². The van der Waals surface area contributed by atoms with Crippen molar-refractivity contribution in [2.45, 2.75) is 67.1 Å². The second-order valence-electron chi connectivity index (χ2n) is 6.43. The van der Waals surface area contributed by atoms with Gasteiger partial charge in [0, 0.05) is 4.47 Å². The molecule has 0 aliphatic heterocycles. The number of sulfone groups is 1. The fraction of sp³-hybridized carbons (Fsp3) is 0.625. The first-order chi connectivity index (χ1) is 11.2. The van der Waals surface area contributed by atoms with Crippen molar-refractivity contribution in [2.75, 3.05) is 0 Å². The molecule has 134 valence electrons. The van der Waals surface area contributed by atoms with Crippen molar-refractivity contribution in [3.05, 3.63) is 28.2 Å². The van der Waals surface area contributed by atoms with Crippen molar-refractivity contribution in [2.24, 2.45) is 0 Å². The van der Waals surface area contributed by atoms with Crippen LogP contribution in [0.3, 0.4) is 0 Å². The maximum absolute atomic E-state index is 13.2. The topological polar surface area (TPSA) is 43.4 Å². The molecule has 8 heteroatoms. The summed E-state index contributed by atoms with van der Waals surface area (Å²) in [5.74, 6) is 0. The molecule has 2 aliphatic rings. The van der Waals surface area contributed by atoms with Crippen molar-refractivity contribution >= 4 is 25.8 Å². The summed E-state index contributed by atoms with van der Waals surface area (Å²) in [6, 6.07) is 3.20. The Bertz CT molecular complexity index is 714. The van der Waals surface area contributed by atoms with Crippen LogP contribution in [-0.2, 0) is 20.8 Å². The molecule has 0 unspecified atom stereocenters. The third-order valence-corrected chi connectivity index (χ3v) is 7.53. The molecular weight excluding hydrogens is 409 g/mol. The number of benzene rings is 1. The van der Waals surface area contributed by atoms with Crippen molar-refractivity contribution < 1.29 is 26.3 Å². The molecule has 2 atom stereocenters. The third-order valence-electron chi connectivity index (χ3n) is 4.77. The molecule has 0 aromatic heterocycles. The van der Waals surface area contributed by atoms with Crippen LogP contribution < -0.4 is 0 Å². The minimum absolute atomic E-state index is 0.167. The predicted octanol–water partition coefficient (Wildman–Crippen LogP) is 4.73. The molecule has 1 aromatic carbocycles. The van der Waals surface area contributed by atoms with Crippen LogP contribution in [-0.4, -0.2) is 25.9 Å². The van der Waals surface area contributed by atoms with E-state index in [0.29, 0.717) is 12.8 Å². The molecule has 0 saturated heterocycles. The quantitative estimate of drug-likeness (QED) is 0.698. The molecule has 2 fully saturated rings.